The molecule has 2 unspecified atom stereocenters. The van der Waals surface area contributed by atoms with Crippen LogP contribution in [0.1, 0.15) is 20.8 Å². The van der Waals surface area contributed by atoms with Gasteiger partial charge in [-0.1, -0.05) is 0 Å². The number of esters is 1. The Morgan fingerprint density at radius 1 is 1.00 bits per heavy atom. The number of rotatable bonds is 8. The van der Waals surface area contributed by atoms with Gasteiger partial charge in [-0.2, -0.15) is 0 Å². The van der Waals surface area contributed by atoms with Crippen molar-refractivity contribution in [3.63, 3.8) is 0 Å². The van der Waals surface area contributed by atoms with Crippen LogP contribution in [-0.4, -0.2) is 49.1 Å². The molecule has 94 valence electrons. The molecule has 0 aromatic heterocycles. The van der Waals surface area contributed by atoms with Crippen LogP contribution in [0.25, 0.3) is 0 Å². The van der Waals surface area contributed by atoms with Crippen LogP contribution in [0.3, 0.4) is 0 Å². The molecule has 0 saturated carbocycles. The zero-order valence-electron chi connectivity index (χ0n) is 9.76. The van der Waals surface area contributed by atoms with Gasteiger partial charge in [0.15, 0.2) is 12.2 Å². The molecule has 0 aromatic carbocycles. The third-order valence-corrected chi connectivity index (χ3v) is 1.73. The molecule has 6 nitrogen and oxygen atoms in total. The number of carbonyl (C=O) groups is 2. The van der Waals surface area contributed by atoms with Crippen molar-refractivity contribution in [2.45, 2.75) is 33.0 Å². The highest BCUT2D eigenvalue weighted by Gasteiger charge is 2.36. The van der Waals surface area contributed by atoms with Crippen LogP contribution in [0.2, 0.25) is 0 Å². The number of carboxylic acid groups (broad SMARTS) is 1. The maximum atomic E-state index is 11.5. The first kappa shape index (κ1) is 14.9. The normalized spacial score (nSPS) is 14.2. The van der Waals surface area contributed by atoms with Gasteiger partial charge >= 0.3 is 11.9 Å². The van der Waals surface area contributed by atoms with Gasteiger partial charge in [0.05, 0.1) is 6.61 Å². The Morgan fingerprint density at radius 2 is 1.50 bits per heavy atom. The van der Waals surface area contributed by atoms with Crippen molar-refractivity contribution >= 4 is 11.9 Å². The average Bonchev–Trinajstić information content (AvgIpc) is 2.23. The second-order valence-electron chi connectivity index (χ2n) is 2.84. The maximum absolute atomic E-state index is 11.5. The highest BCUT2D eigenvalue weighted by molar-refractivity contribution is 5.84. The van der Waals surface area contributed by atoms with E-state index in [1.807, 2.05) is 0 Å². The molecule has 16 heavy (non-hydrogen) atoms. The third kappa shape index (κ3) is 4.59. The number of carboxylic acids is 1. The Hall–Kier alpha value is -1.14. The Bertz CT molecular complexity index is 227. The predicted octanol–water partition coefficient (Wildman–Crippen LogP) is 0.444. The van der Waals surface area contributed by atoms with E-state index in [1.54, 1.807) is 20.8 Å². The van der Waals surface area contributed by atoms with Crippen LogP contribution < -0.4 is 0 Å². The minimum atomic E-state index is -1.33. The summed E-state index contributed by atoms with van der Waals surface area (Å²) in [5.41, 5.74) is 0. The largest absolute Gasteiger partial charge is 0.479 e. The van der Waals surface area contributed by atoms with E-state index in [0.717, 1.165) is 0 Å². The fourth-order valence-electron chi connectivity index (χ4n) is 1.15. The average molecular weight is 234 g/mol. The van der Waals surface area contributed by atoms with E-state index in [2.05, 4.69) is 0 Å². The molecule has 0 spiro atoms. The minimum absolute atomic E-state index is 0.168. The van der Waals surface area contributed by atoms with Gasteiger partial charge in [-0.3, -0.25) is 0 Å². The zero-order valence-corrected chi connectivity index (χ0v) is 9.76. The summed E-state index contributed by atoms with van der Waals surface area (Å²) in [5, 5.41) is 8.91. The highest BCUT2D eigenvalue weighted by atomic mass is 16.6. The van der Waals surface area contributed by atoms with Crippen LogP contribution in [0.4, 0.5) is 0 Å². The SMILES string of the molecule is CCOC(=O)C(OCC)C(OCC)C(=O)O. The minimum Gasteiger partial charge on any atom is -0.479 e. The smallest absolute Gasteiger partial charge is 0.338 e. The molecule has 0 amide bonds. The van der Waals surface area contributed by atoms with E-state index >= 15 is 0 Å². The molecule has 0 rings (SSSR count). The van der Waals surface area contributed by atoms with Crippen molar-refractivity contribution in [1.82, 2.24) is 0 Å². The fourth-order valence-corrected chi connectivity index (χ4v) is 1.15. The van der Waals surface area contributed by atoms with Crippen LogP contribution in [0.15, 0.2) is 0 Å². The van der Waals surface area contributed by atoms with Gasteiger partial charge in [0.25, 0.3) is 0 Å². The van der Waals surface area contributed by atoms with Crippen molar-refractivity contribution in [2.75, 3.05) is 19.8 Å². The van der Waals surface area contributed by atoms with Crippen LogP contribution in [-0.2, 0) is 23.8 Å². The molecular formula is C10H18O6. The maximum Gasteiger partial charge on any atom is 0.338 e. The van der Waals surface area contributed by atoms with Gasteiger partial charge in [0, 0.05) is 13.2 Å². The first-order chi connectivity index (χ1) is 7.58. The quantitative estimate of drug-likeness (QED) is 0.614. The van der Waals surface area contributed by atoms with E-state index in [0.29, 0.717) is 0 Å². The molecule has 0 heterocycles. The van der Waals surface area contributed by atoms with Gasteiger partial charge in [0.2, 0.25) is 0 Å². The molecule has 0 aliphatic rings. The number of ether oxygens (including phenoxy) is 3. The van der Waals surface area contributed by atoms with Gasteiger partial charge in [-0.15, -0.1) is 0 Å². The molecule has 0 bridgehead atoms. The molecule has 0 aliphatic heterocycles. The number of hydrogen-bond acceptors (Lipinski definition) is 5. The number of aliphatic carboxylic acids is 1. The third-order valence-electron chi connectivity index (χ3n) is 1.73. The summed E-state index contributed by atoms with van der Waals surface area (Å²) in [4.78, 5) is 22.4. The lowest BCUT2D eigenvalue weighted by Gasteiger charge is -2.21. The summed E-state index contributed by atoms with van der Waals surface area (Å²) in [5.74, 6) is -1.96. The summed E-state index contributed by atoms with van der Waals surface area (Å²) in [6.45, 7) is 5.50. The van der Waals surface area contributed by atoms with E-state index in [9.17, 15) is 9.59 Å². The predicted molar refractivity (Wildman–Crippen MR) is 55.1 cm³/mol. The number of carbonyl (C=O) groups excluding carboxylic acids is 1. The van der Waals surface area contributed by atoms with Gasteiger partial charge in [-0.05, 0) is 20.8 Å². The number of hydrogen-bond donors (Lipinski definition) is 1. The van der Waals surface area contributed by atoms with E-state index in [1.165, 1.54) is 0 Å². The fraction of sp³-hybridized carbons (Fsp3) is 0.800. The highest BCUT2D eigenvalue weighted by Crippen LogP contribution is 2.08. The molecule has 0 saturated heterocycles. The Kier molecular flexibility index (Phi) is 7.49. The lowest BCUT2D eigenvalue weighted by atomic mass is 10.2. The summed E-state index contributed by atoms with van der Waals surface area (Å²) in [6, 6.07) is 0. The molecule has 0 radical (unpaired) electrons. The van der Waals surface area contributed by atoms with Crippen molar-refractivity contribution in [3.8, 4) is 0 Å². The summed E-state index contributed by atoms with van der Waals surface area (Å²) >= 11 is 0. The van der Waals surface area contributed by atoms with Crippen LogP contribution in [0.5, 0.6) is 0 Å². The molecule has 0 aliphatic carbocycles. The molecule has 0 aromatic rings. The lowest BCUT2D eigenvalue weighted by molar-refractivity contribution is -0.179. The Balaban J connectivity index is 4.68. The molecule has 1 N–H and O–H groups in total. The molecule has 2 atom stereocenters. The van der Waals surface area contributed by atoms with Crippen molar-refractivity contribution in [1.29, 1.82) is 0 Å². The topological polar surface area (TPSA) is 82.1 Å². The van der Waals surface area contributed by atoms with Crippen molar-refractivity contribution in [3.05, 3.63) is 0 Å². The van der Waals surface area contributed by atoms with Crippen molar-refractivity contribution in [2.24, 2.45) is 0 Å². The molecular weight excluding hydrogens is 216 g/mol. The monoisotopic (exact) mass is 234 g/mol. The lowest BCUT2D eigenvalue weighted by Crippen LogP contribution is -2.44. The van der Waals surface area contributed by atoms with E-state index in [-0.39, 0.29) is 19.8 Å². The first-order valence-electron chi connectivity index (χ1n) is 5.21. The second-order valence-corrected chi connectivity index (χ2v) is 2.84. The van der Waals surface area contributed by atoms with E-state index in [4.69, 9.17) is 19.3 Å². The standard InChI is InChI=1S/C10H18O6/c1-4-14-7(9(11)12)8(15-5-2)10(13)16-6-3/h7-8H,4-6H2,1-3H3,(H,11,12). The van der Waals surface area contributed by atoms with Gasteiger partial charge in [-0.25, -0.2) is 9.59 Å². The second kappa shape index (κ2) is 8.06. The zero-order chi connectivity index (χ0) is 12.6. The van der Waals surface area contributed by atoms with Crippen LogP contribution in [0, 0.1) is 0 Å². The van der Waals surface area contributed by atoms with Gasteiger partial charge in [0.1, 0.15) is 0 Å². The summed E-state index contributed by atoms with van der Waals surface area (Å²) < 4.78 is 14.7. The summed E-state index contributed by atoms with van der Waals surface area (Å²) in [6.07, 6.45) is -2.55. The summed E-state index contributed by atoms with van der Waals surface area (Å²) in [7, 11) is 0. The van der Waals surface area contributed by atoms with E-state index < -0.39 is 24.1 Å². The van der Waals surface area contributed by atoms with Crippen molar-refractivity contribution < 1.29 is 28.9 Å². The molecule has 0 fully saturated rings. The van der Waals surface area contributed by atoms with Gasteiger partial charge < -0.3 is 19.3 Å². The Morgan fingerprint density at radius 3 is 1.88 bits per heavy atom. The Labute approximate surface area is 94.5 Å². The van der Waals surface area contributed by atoms with Crippen LogP contribution >= 0.6 is 0 Å². The molecule has 6 heteroatoms. The first-order valence-corrected chi connectivity index (χ1v) is 5.21.